The Morgan fingerprint density at radius 3 is 2.35 bits per heavy atom. The second kappa shape index (κ2) is 8.49. The van der Waals surface area contributed by atoms with Crippen molar-refractivity contribution in [3.05, 3.63) is 29.3 Å². The summed E-state index contributed by atoms with van der Waals surface area (Å²) in [5.41, 5.74) is 1.23. The van der Waals surface area contributed by atoms with Crippen LogP contribution in [-0.2, 0) is 14.4 Å². The van der Waals surface area contributed by atoms with Gasteiger partial charge in [0.1, 0.15) is 6.04 Å². The Morgan fingerprint density at radius 2 is 1.68 bits per heavy atom. The molecule has 0 aromatic heterocycles. The van der Waals surface area contributed by atoms with Crippen LogP contribution in [0.3, 0.4) is 0 Å². The SMILES string of the molecule is O=C(O)CC1CCC(CNc2ccc3c(c2)C(=O)N(C2CCC(=O)NC2=O)C3=O)CC1. The largest absolute Gasteiger partial charge is 0.481 e. The first-order valence-electron chi connectivity index (χ1n) is 10.6. The van der Waals surface area contributed by atoms with E-state index in [0.29, 0.717) is 12.5 Å². The highest BCUT2D eigenvalue weighted by Gasteiger charge is 2.44. The van der Waals surface area contributed by atoms with Gasteiger partial charge in [-0.3, -0.25) is 34.2 Å². The monoisotopic (exact) mass is 427 g/mol. The lowest BCUT2D eigenvalue weighted by molar-refractivity contribution is -0.139. The number of hydrogen-bond donors (Lipinski definition) is 3. The minimum absolute atomic E-state index is 0.0886. The van der Waals surface area contributed by atoms with Gasteiger partial charge in [0.2, 0.25) is 11.8 Å². The van der Waals surface area contributed by atoms with Gasteiger partial charge in [-0.25, -0.2) is 0 Å². The summed E-state index contributed by atoms with van der Waals surface area (Å²) >= 11 is 0. The van der Waals surface area contributed by atoms with Crippen LogP contribution >= 0.6 is 0 Å². The fourth-order valence-electron chi connectivity index (χ4n) is 4.73. The van der Waals surface area contributed by atoms with Crippen molar-refractivity contribution in [2.75, 3.05) is 11.9 Å². The molecule has 0 spiro atoms. The molecule has 164 valence electrons. The maximum atomic E-state index is 12.9. The van der Waals surface area contributed by atoms with Crippen molar-refractivity contribution in [1.82, 2.24) is 10.2 Å². The van der Waals surface area contributed by atoms with Gasteiger partial charge in [-0.15, -0.1) is 0 Å². The quantitative estimate of drug-likeness (QED) is 0.589. The lowest BCUT2D eigenvalue weighted by Gasteiger charge is -2.28. The summed E-state index contributed by atoms with van der Waals surface area (Å²) in [6.45, 7) is 0.706. The zero-order valence-electron chi connectivity index (χ0n) is 17.1. The number of carboxylic acids is 1. The zero-order chi connectivity index (χ0) is 22.1. The highest BCUT2D eigenvalue weighted by Crippen LogP contribution is 2.32. The molecule has 0 bridgehead atoms. The molecule has 3 N–H and O–H groups in total. The Bertz CT molecular complexity index is 951. The molecule has 4 amide bonds. The lowest BCUT2D eigenvalue weighted by Crippen LogP contribution is -2.54. The van der Waals surface area contributed by atoms with Crippen LogP contribution in [0.4, 0.5) is 5.69 Å². The van der Waals surface area contributed by atoms with Gasteiger partial charge in [-0.1, -0.05) is 0 Å². The molecule has 2 heterocycles. The van der Waals surface area contributed by atoms with Crippen LogP contribution in [0.25, 0.3) is 0 Å². The highest BCUT2D eigenvalue weighted by molar-refractivity contribution is 6.23. The van der Waals surface area contributed by atoms with Crippen LogP contribution in [0.15, 0.2) is 18.2 Å². The molecule has 2 aliphatic heterocycles. The van der Waals surface area contributed by atoms with E-state index in [2.05, 4.69) is 10.6 Å². The van der Waals surface area contributed by atoms with Crippen molar-refractivity contribution in [3.8, 4) is 0 Å². The Kier molecular flexibility index (Phi) is 5.75. The fraction of sp³-hybridized carbons (Fsp3) is 0.500. The van der Waals surface area contributed by atoms with E-state index in [4.69, 9.17) is 5.11 Å². The van der Waals surface area contributed by atoms with Crippen LogP contribution in [0.1, 0.15) is 65.7 Å². The summed E-state index contributed by atoms with van der Waals surface area (Å²) in [4.78, 5) is 60.9. The number of carbonyl (C=O) groups excluding carboxylic acids is 4. The van der Waals surface area contributed by atoms with Crippen LogP contribution < -0.4 is 10.6 Å². The van der Waals surface area contributed by atoms with Gasteiger partial charge in [0.15, 0.2) is 0 Å². The van der Waals surface area contributed by atoms with Gasteiger partial charge < -0.3 is 10.4 Å². The molecular formula is C22H25N3O6. The summed E-state index contributed by atoms with van der Waals surface area (Å²) in [6.07, 6.45) is 4.16. The number of hydrogen-bond acceptors (Lipinski definition) is 6. The molecule has 4 rings (SSSR count). The summed E-state index contributed by atoms with van der Waals surface area (Å²) in [7, 11) is 0. The third-order valence-electron chi connectivity index (χ3n) is 6.46. The molecule has 1 saturated heterocycles. The van der Waals surface area contributed by atoms with E-state index < -0.39 is 35.6 Å². The molecule has 3 aliphatic rings. The number of imide groups is 2. The predicted octanol–water partition coefficient (Wildman–Crippen LogP) is 1.78. The third kappa shape index (κ3) is 4.30. The van der Waals surface area contributed by atoms with E-state index in [1.807, 2.05) is 0 Å². The number of carboxylic acid groups (broad SMARTS) is 1. The lowest BCUT2D eigenvalue weighted by atomic mass is 9.80. The van der Waals surface area contributed by atoms with Crippen molar-refractivity contribution in [3.63, 3.8) is 0 Å². The number of benzene rings is 1. The first kappa shape index (κ1) is 21.0. The van der Waals surface area contributed by atoms with E-state index in [1.165, 1.54) is 0 Å². The molecule has 1 saturated carbocycles. The van der Waals surface area contributed by atoms with Crippen molar-refractivity contribution < 1.29 is 29.1 Å². The first-order valence-corrected chi connectivity index (χ1v) is 10.6. The van der Waals surface area contributed by atoms with Crippen LogP contribution in [0.5, 0.6) is 0 Å². The number of piperidine rings is 1. The van der Waals surface area contributed by atoms with Crippen LogP contribution in [0, 0.1) is 11.8 Å². The van der Waals surface area contributed by atoms with Gasteiger partial charge in [0, 0.05) is 25.1 Å². The third-order valence-corrected chi connectivity index (χ3v) is 6.46. The summed E-state index contributed by atoms with van der Waals surface area (Å²) in [6, 6.07) is 4.00. The van der Waals surface area contributed by atoms with E-state index in [9.17, 15) is 24.0 Å². The Labute approximate surface area is 179 Å². The normalized spacial score (nSPS) is 25.9. The molecule has 1 aliphatic carbocycles. The number of rotatable bonds is 6. The molecule has 1 aromatic rings. The maximum Gasteiger partial charge on any atom is 0.303 e. The number of amides is 4. The Morgan fingerprint density at radius 1 is 1.00 bits per heavy atom. The minimum atomic E-state index is -0.970. The zero-order valence-corrected chi connectivity index (χ0v) is 17.1. The molecule has 9 heteroatoms. The van der Waals surface area contributed by atoms with Crippen molar-refractivity contribution in [2.24, 2.45) is 11.8 Å². The van der Waals surface area contributed by atoms with Gasteiger partial charge in [-0.2, -0.15) is 0 Å². The smallest absolute Gasteiger partial charge is 0.303 e. The standard InChI is InChI=1S/C22H25N3O6/c26-18-8-7-17(20(29)24-18)25-21(30)15-6-5-14(10-16(15)22(25)31)23-11-13-3-1-12(2-4-13)9-19(27)28/h5-6,10,12-13,17,23H,1-4,7-9,11H2,(H,27,28)(H,24,26,29). The predicted molar refractivity (Wildman–Crippen MR) is 109 cm³/mol. The minimum Gasteiger partial charge on any atom is -0.481 e. The number of aliphatic carboxylic acids is 1. The number of nitrogens with zero attached hydrogens (tertiary/aromatic N) is 1. The van der Waals surface area contributed by atoms with Gasteiger partial charge in [-0.05, 0) is 62.1 Å². The molecule has 2 fully saturated rings. The van der Waals surface area contributed by atoms with Crippen LogP contribution in [-0.4, -0.2) is 52.2 Å². The number of carbonyl (C=O) groups is 5. The summed E-state index contributed by atoms with van der Waals surface area (Å²) in [5, 5.41) is 14.4. The second-order valence-corrected chi connectivity index (χ2v) is 8.57. The van der Waals surface area contributed by atoms with Gasteiger partial charge in [0.25, 0.3) is 11.8 Å². The number of anilines is 1. The van der Waals surface area contributed by atoms with Crippen molar-refractivity contribution in [1.29, 1.82) is 0 Å². The average Bonchev–Trinajstić information content (AvgIpc) is 2.97. The summed E-state index contributed by atoms with van der Waals surface area (Å²) in [5.74, 6) is -2.13. The molecule has 0 radical (unpaired) electrons. The molecule has 1 unspecified atom stereocenters. The second-order valence-electron chi connectivity index (χ2n) is 8.57. The molecule has 31 heavy (non-hydrogen) atoms. The first-order chi connectivity index (χ1) is 14.8. The van der Waals surface area contributed by atoms with E-state index in [0.717, 1.165) is 36.3 Å². The number of nitrogens with one attached hydrogen (secondary N) is 2. The van der Waals surface area contributed by atoms with E-state index in [1.54, 1.807) is 18.2 Å². The van der Waals surface area contributed by atoms with Crippen molar-refractivity contribution in [2.45, 2.75) is 51.0 Å². The van der Waals surface area contributed by atoms with Gasteiger partial charge in [0.05, 0.1) is 11.1 Å². The average molecular weight is 427 g/mol. The van der Waals surface area contributed by atoms with Crippen molar-refractivity contribution >= 4 is 35.3 Å². The van der Waals surface area contributed by atoms with Gasteiger partial charge >= 0.3 is 5.97 Å². The molecule has 1 aromatic carbocycles. The van der Waals surface area contributed by atoms with Crippen LogP contribution in [0.2, 0.25) is 0 Å². The molecule has 9 nitrogen and oxygen atoms in total. The Balaban J connectivity index is 1.38. The Hall–Kier alpha value is -3.23. The summed E-state index contributed by atoms with van der Waals surface area (Å²) < 4.78 is 0. The fourth-order valence-corrected chi connectivity index (χ4v) is 4.73. The maximum absolute atomic E-state index is 12.9. The molecular weight excluding hydrogens is 402 g/mol. The topological polar surface area (TPSA) is 133 Å². The van der Waals surface area contributed by atoms with E-state index in [-0.39, 0.29) is 36.3 Å². The number of fused-ring (bicyclic) bond motifs is 1. The highest BCUT2D eigenvalue weighted by atomic mass is 16.4. The van der Waals surface area contributed by atoms with E-state index >= 15 is 0 Å². The molecule has 1 atom stereocenters.